The molecule has 0 bridgehead atoms. The summed E-state index contributed by atoms with van der Waals surface area (Å²) in [5.74, 6) is -0.306. The second kappa shape index (κ2) is 2.97. The molecule has 6 nitrogen and oxygen atoms in total. The highest BCUT2D eigenvalue weighted by atomic mass is 16.5. The summed E-state index contributed by atoms with van der Waals surface area (Å²) >= 11 is 0. The summed E-state index contributed by atoms with van der Waals surface area (Å²) in [6, 6.07) is -0.963. The molecule has 2 aliphatic heterocycles. The fraction of sp³-hybridized carbons (Fsp3) is 0.714. The van der Waals surface area contributed by atoms with Gasteiger partial charge in [0.1, 0.15) is 6.10 Å². The lowest BCUT2D eigenvalue weighted by Gasteiger charge is -2.21. The summed E-state index contributed by atoms with van der Waals surface area (Å²) in [6.07, 6.45) is -0.757. The van der Waals surface area contributed by atoms with E-state index in [0.717, 1.165) is 4.90 Å². The van der Waals surface area contributed by atoms with E-state index in [1.165, 1.54) is 0 Å². The van der Waals surface area contributed by atoms with Gasteiger partial charge in [-0.15, -0.1) is 0 Å². The van der Waals surface area contributed by atoms with Crippen LogP contribution < -0.4 is 5.32 Å². The fourth-order valence-electron chi connectivity index (χ4n) is 1.55. The Labute approximate surface area is 74.5 Å². The van der Waals surface area contributed by atoms with E-state index in [4.69, 9.17) is 4.74 Å². The van der Waals surface area contributed by atoms with E-state index in [1.54, 1.807) is 0 Å². The van der Waals surface area contributed by atoms with Gasteiger partial charge in [0.25, 0.3) is 5.91 Å². The van der Waals surface area contributed by atoms with Gasteiger partial charge in [-0.2, -0.15) is 0 Å². The van der Waals surface area contributed by atoms with E-state index in [-0.39, 0.29) is 25.7 Å². The van der Waals surface area contributed by atoms with Crippen LogP contribution in [0.15, 0.2) is 0 Å². The molecular weight excluding hydrogens is 176 g/mol. The van der Waals surface area contributed by atoms with Crippen molar-refractivity contribution < 1.29 is 19.4 Å². The van der Waals surface area contributed by atoms with E-state index in [2.05, 4.69) is 5.32 Å². The molecule has 2 unspecified atom stereocenters. The number of carbonyl (C=O) groups is 2. The number of aliphatic hydroxyl groups is 1. The summed E-state index contributed by atoms with van der Waals surface area (Å²) < 4.78 is 4.95. The predicted octanol–water partition coefficient (Wildman–Crippen LogP) is -1.70. The van der Waals surface area contributed by atoms with Crippen molar-refractivity contribution in [1.29, 1.82) is 0 Å². The van der Waals surface area contributed by atoms with Crippen LogP contribution in [0.2, 0.25) is 0 Å². The molecule has 0 aromatic heterocycles. The average molecular weight is 186 g/mol. The molecule has 2 rings (SSSR count). The minimum absolute atomic E-state index is 0.0159. The molecule has 0 aromatic rings. The molecule has 2 atom stereocenters. The number of rotatable bonds is 1. The number of urea groups is 1. The monoisotopic (exact) mass is 186 g/mol. The van der Waals surface area contributed by atoms with Crippen molar-refractivity contribution >= 4 is 11.9 Å². The molecular formula is C7H10N2O4. The topological polar surface area (TPSA) is 78.9 Å². The normalized spacial score (nSPS) is 34.1. The zero-order chi connectivity index (χ0) is 9.42. The number of nitrogens with one attached hydrogen (secondary N) is 1. The van der Waals surface area contributed by atoms with Gasteiger partial charge >= 0.3 is 6.03 Å². The van der Waals surface area contributed by atoms with Crippen molar-refractivity contribution in [3.63, 3.8) is 0 Å². The quantitative estimate of drug-likeness (QED) is 0.478. The molecule has 2 N–H and O–H groups in total. The molecule has 0 aliphatic carbocycles. The summed E-state index contributed by atoms with van der Waals surface area (Å²) in [7, 11) is 0. The average Bonchev–Trinajstić information content (AvgIpc) is 2.60. The van der Waals surface area contributed by atoms with Crippen LogP contribution in [0.25, 0.3) is 0 Å². The highest BCUT2D eigenvalue weighted by molar-refractivity contribution is 6.02. The number of ether oxygens (including phenoxy) is 1. The molecule has 3 amide bonds. The highest BCUT2D eigenvalue weighted by Crippen LogP contribution is 2.15. The molecule has 13 heavy (non-hydrogen) atoms. The Hall–Kier alpha value is -1.14. The summed E-state index contributed by atoms with van der Waals surface area (Å²) in [4.78, 5) is 23.4. The van der Waals surface area contributed by atoms with Crippen LogP contribution in [0, 0.1) is 0 Å². The Morgan fingerprint density at radius 1 is 1.46 bits per heavy atom. The number of hydrogen-bond donors (Lipinski definition) is 2. The van der Waals surface area contributed by atoms with E-state index in [0.29, 0.717) is 0 Å². The van der Waals surface area contributed by atoms with Gasteiger partial charge in [-0.3, -0.25) is 9.69 Å². The summed E-state index contributed by atoms with van der Waals surface area (Å²) in [5, 5.41) is 11.8. The largest absolute Gasteiger partial charge is 0.388 e. The number of amides is 3. The standard InChI is InChI=1S/C7H10N2O4/c10-5-3-13-2-4(5)9-6(11)1-8-7(9)12/h4-5,10H,1-3H2,(H,8,12). The SMILES string of the molecule is O=C1CNC(=O)N1C1COCC1O. The second-order valence-electron chi connectivity index (χ2n) is 3.09. The van der Waals surface area contributed by atoms with Gasteiger partial charge in [0.05, 0.1) is 25.8 Å². The minimum atomic E-state index is -0.757. The third kappa shape index (κ3) is 1.27. The van der Waals surface area contributed by atoms with Crippen molar-refractivity contribution in [2.75, 3.05) is 19.8 Å². The molecule has 2 fully saturated rings. The van der Waals surface area contributed by atoms with Crippen LogP contribution in [-0.2, 0) is 9.53 Å². The maximum Gasteiger partial charge on any atom is 0.325 e. The van der Waals surface area contributed by atoms with Gasteiger partial charge in [-0.1, -0.05) is 0 Å². The van der Waals surface area contributed by atoms with Crippen LogP contribution in [0.3, 0.4) is 0 Å². The lowest BCUT2D eigenvalue weighted by molar-refractivity contribution is -0.127. The Bertz CT molecular complexity index is 239. The molecule has 2 saturated heterocycles. The van der Waals surface area contributed by atoms with Gasteiger partial charge in [0.2, 0.25) is 0 Å². The van der Waals surface area contributed by atoms with E-state index in [1.807, 2.05) is 0 Å². The second-order valence-corrected chi connectivity index (χ2v) is 3.09. The first-order valence-electron chi connectivity index (χ1n) is 4.06. The molecule has 0 spiro atoms. The zero-order valence-electron chi connectivity index (χ0n) is 6.90. The maximum absolute atomic E-state index is 11.2. The minimum Gasteiger partial charge on any atom is -0.388 e. The smallest absolute Gasteiger partial charge is 0.325 e. The third-order valence-electron chi connectivity index (χ3n) is 2.23. The lowest BCUT2D eigenvalue weighted by Crippen LogP contribution is -2.46. The van der Waals surface area contributed by atoms with Gasteiger partial charge in [-0.25, -0.2) is 4.79 Å². The number of imide groups is 1. The van der Waals surface area contributed by atoms with Crippen LogP contribution in [0.1, 0.15) is 0 Å². The van der Waals surface area contributed by atoms with E-state index in [9.17, 15) is 14.7 Å². The molecule has 2 heterocycles. The van der Waals surface area contributed by atoms with Crippen LogP contribution in [-0.4, -0.2) is 53.8 Å². The number of aliphatic hydroxyl groups excluding tert-OH is 1. The van der Waals surface area contributed by atoms with Crippen LogP contribution in [0.5, 0.6) is 0 Å². The first-order chi connectivity index (χ1) is 6.20. The summed E-state index contributed by atoms with van der Waals surface area (Å²) in [6.45, 7) is 0.421. The Kier molecular flexibility index (Phi) is 1.93. The van der Waals surface area contributed by atoms with Crippen LogP contribution in [0.4, 0.5) is 4.79 Å². The number of hydrogen-bond acceptors (Lipinski definition) is 4. The Balaban J connectivity index is 2.14. The lowest BCUT2D eigenvalue weighted by atomic mass is 10.2. The van der Waals surface area contributed by atoms with Crippen molar-refractivity contribution in [2.45, 2.75) is 12.1 Å². The van der Waals surface area contributed by atoms with E-state index >= 15 is 0 Å². The molecule has 0 saturated carbocycles. The van der Waals surface area contributed by atoms with E-state index < -0.39 is 18.2 Å². The van der Waals surface area contributed by atoms with Gasteiger partial charge in [-0.05, 0) is 0 Å². The third-order valence-corrected chi connectivity index (χ3v) is 2.23. The molecule has 0 aromatic carbocycles. The maximum atomic E-state index is 11.2. The fourth-order valence-corrected chi connectivity index (χ4v) is 1.55. The van der Waals surface area contributed by atoms with Gasteiger partial charge in [0, 0.05) is 0 Å². The van der Waals surface area contributed by atoms with Crippen molar-refractivity contribution in [3.8, 4) is 0 Å². The highest BCUT2D eigenvalue weighted by Gasteiger charge is 2.41. The summed E-state index contributed by atoms with van der Waals surface area (Å²) in [5.41, 5.74) is 0. The van der Waals surface area contributed by atoms with Crippen LogP contribution >= 0.6 is 0 Å². The Morgan fingerprint density at radius 3 is 2.69 bits per heavy atom. The first kappa shape index (κ1) is 8.46. The predicted molar refractivity (Wildman–Crippen MR) is 40.9 cm³/mol. The molecule has 72 valence electrons. The zero-order valence-corrected chi connectivity index (χ0v) is 6.90. The van der Waals surface area contributed by atoms with Crippen molar-refractivity contribution in [1.82, 2.24) is 10.2 Å². The van der Waals surface area contributed by atoms with Crippen molar-refractivity contribution in [2.24, 2.45) is 0 Å². The van der Waals surface area contributed by atoms with Crippen molar-refractivity contribution in [3.05, 3.63) is 0 Å². The molecule has 6 heteroatoms. The van der Waals surface area contributed by atoms with Gasteiger partial charge < -0.3 is 15.2 Å². The van der Waals surface area contributed by atoms with Gasteiger partial charge in [0.15, 0.2) is 0 Å². The molecule has 2 aliphatic rings. The number of nitrogens with zero attached hydrogens (tertiary/aromatic N) is 1. The number of carbonyl (C=O) groups excluding carboxylic acids is 2. The first-order valence-corrected chi connectivity index (χ1v) is 4.06. The molecule has 0 radical (unpaired) electrons. The Morgan fingerprint density at radius 2 is 2.23 bits per heavy atom.